The molecule has 2 N–H and O–H groups in total. The van der Waals surface area contributed by atoms with Crippen LogP contribution in [-0.2, 0) is 11.2 Å². The van der Waals surface area contributed by atoms with Gasteiger partial charge in [-0.2, -0.15) is 13.2 Å². The molecule has 1 aliphatic rings. The van der Waals surface area contributed by atoms with Crippen LogP contribution in [0.15, 0.2) is 24.3 Å². The minimum absolute atomic E-state index is 0. The van der Waals surface area contributed by atoms with Crippen molar-refractivity contribution in [1.29, 1.82) is 0 Å². The number of amides is 1. The summed E-state index contributed by atoms with van der Waals surface area (Å²) >= 11 is 0. The quantitative estimate of drug-likeness (QED) is 0.858. The predicted octanol–water partition coefficient (Wildman–Crippen LogP) is 1.94. The van der Waals surface area contributed by atoms with Crippen LogP contribution >= 0.6 is 12.4 Å². The van der Waals surface area contributed by atoms with Crippen molar-refractivity contribution in [3.8, 4) is 0 Å². The summed E-state index contributed by atoms with van der Waals surface area (Å²) < 4.78 is 36.9. The van der Waals surface area contributed by atoms with Crippen LogP contribution in [0.1, 0.15) is 5.56 Å². The number of hydrogen-bond acceptors (Lipinski definition) is 3. The molecule has 0 spiro atoms. The van der Waals surface area contributed by atoms with E-state index in [1.807, 2.05) is 6.07 Å². The number of anilines is 1. The number of nitrogen functional groups attached to an aromatic ring is 1. The zero-order valence-electron chi connectivity index (χ0n) is 12.0. The van der Waals surface area contributed by atoms with E-state index in [0.717, 1.165) is 5.56 Å². The molecule has 1 saturated heterocycles. The molecule has 124 valence electrons. The summed E-state index contributed by atoms with van der Waals surface area (Å²) in [4.78, 5) is 15.0. The van der Waals surface area contributed by atoms with E-state index in [1.54, 1.807) is 23.1 Å². The van der Waals surface area contributed by atoms with Gasteiger partial charge < -0.3 is 10.6 Å². The number of nitrogens with zero attached hydrogens (tertiary/aromatic N) is 2. The molecule has 1 heterocycles. The maximum Gasteiger partial charge on any atom is 0.401 e. The minimum Gasteiger partial charge on any atom is -0.399 e. The Labute approximate surface area is 133 Å². The van der Waals surface area contributed by atoms with Gasteiger partial charge in [0.1, 0.15) is 0 Å². The van der Waals surface area contributed by atoms with Crippen LogP contribution < -0.4 is 5.73 Å². The third kappa shape index (κ3) is 5.73. The first-order valence-electron chi connectivity index (χ1n) is 6.75. The maximum absolute atomic E-state index is 12.3. The van der Waals surface area contributed by atoms with Gasteiger partial charge in [-0.25, -0.2) is 0 Å². The fourth-order valence-electron chi connectivity index (χ4n) is 2.40. The van der Waals surface area contributed by atoms with Gasteiger partial charge in [0.05, 0.1) is 13.0 Å². The average Bonchev–Trinajstić information content (AvgIpc) is 2.37. The second-order valence-electron chi connectivity index (χ2n) is 5.19. The van der Waals surface area contributed by atoms with Crippen LogP contribution in [0.4, 0.5) is 18.9 Å². The molecule has 1 aromatic rings. The number of hydrogen-bond donors (Lipinski definition) is 1. The first-order chi connectivity index (χ1) is 9.83. The summed E-state index contributed by atoms with van der Waals surface area (Å²) in [5.74, 6) is -0.0766. The lowest BCUT2D eigenvalue weighted by atomic mass is 10.1. The molecule has 1 aliphatic heterocycles. The molecular weight excluding hydrogens is 319 g/mol. The summed E-state index contributed by atoms with van der Waals surface area (Å²) in [6.45, 7) is 0.253. The lowest BCUT2D eigenvalue weighted by Gasteiger charge is -2.35. The van der Waals surface area contributed by atoms with Crippen LogP contribution in [0.25, 0.3) is 0 Å². The SMILES string of the molecule is Cl.Nc1cccc(CC(=O)N2CCN(CC(F)(F)F)CC2)c1. The number of benzene rings is 1. The van der Waals surface area contributed by atoms with Crippen molar-refractivity contribution < 1.29 is 18.0 Å². The summed E-state index contributed by atoms with van der Waals surface area (Å²) in [7, 11) is 0. The lowest BCUT2D eigenvalue weighted by molar-refractivity contribution is -0.151. The Morgan fingerprint density at radius 2 is 1.82 bits per heavy atom. The maximum atomic E-state index is 12.3. The average molecular weight is 338 g/mol. The topological polar surface area (TPSA) is 49.6 Å². The Kier molecular flexibility index (Phi) is 6.49. The highest BCUT2D eigenvalue weighted by atomic mass is 35.5. The fourth-order valence-corrected chi connectivity index (χ4v) is 2.40. The highest BCUT2D eigenvalue weighted by molar-refractivity contribution is 5.85. The van der Waals surface area contributed by atoms with Gasteiger partial charge in [-0.1, -0.05) is 12.1 Å². The highest BCUT2D eigenvalue weighted by Crippen LogP contribution is 2.18. The van der Waals surface area contributed by atoms with Gasteiger partial charge in [0, 0.05) is 31.9 Å². The normalized spacial score (nSPS) is 16.2. The number of carbonyl (C=O) groups excluding carboxylic acids is 1. The zero-order valence-corrected chi connectivity index (χ0v) is 12.8. The Bertz CT molecular complexity index is 502. The number of rotatable bonds is 3. The van der Waals surface area contributed by atoms with Crippen molar-refractivity contribution >= 4 is 24.0 Å². The van der Waals surface area contributed by atoms with Gasteiger partial charge in [-0.05, 0) is 17.7 Å². The van der Waals surface area contributed by atoms with Crippen molar-refractivity contribution in [1.82, 2.24) is 9.80 Å². The van der Waals surface area contributed by atoms with Gasteiger partial charge in [0.25, 0.3) is 0 Å². The van der Waals surface area contributed by atoms with Crippen molar-refractivity contribution in [2.45, 2.75) is 12.6 Å². The van der Waals surface area contributed by atoms with Crippen LogP contribution in [-0.4, -0.2) is 54.6 Å². The van der Waals surface area contributed by atoms with Gasteiger partial charge in [-0.3, -0.25) is 9.69 Å². The number of halogens is 4. The van der Waals surface area contributed by atoms with Crippen molar-refractivity contribution in [2.24, 2.45) is 0 Å². The third-order valence-corrected chi connectivity index (χ3v) is 3.43. The number of piperazine rings is 1. The second-order valence-corrected chi connectivity index (χ2v) is 5.19. The molecule has 0 radical (unpaired) electrons. The first kappa shape index (κ1) is 18.6. The number of alkyl halides is 3. The molecule has 8 heteroatoms. The predicted molar refractivity (Wildman–Crippen MR) is 80.9 cm³/mol. The molecular formula is C14H19ClF3N3O. The van der Waals surface area contributed by atoms with Crippen LogP contribution in [0.2, 0.25) is 0 Å². The monoisotopic (exact) mass is 337 g/mol. The van der Waals surface area contributed by atoms with E-state index >= 15 is 0 Å². The van der Waals surface area contributed by atoms with E-state index in [9.17, 15) is 18.0 Å². The van der Waals surface area contributed by atoms with Gasteiger partial charge in [0.2, 0.25) is 5.91 Å². The van der Waals surface area contributed by atoms with Gasteiger partial charge >= 0.3 is 6.18 Å². The van der Waals surface area contributed by atoms with E-state index < -0.39 is 12.7 Å². The molecule has 4 nitrogen and oxygen atoms in total. The molecule has 0 aromatic heterocycles. The van der Waals surface area contributed by atoms with Crippen molar-refractivity contribution in [3.05, 3.63) is 29.8 Å². The molecule has 1 amide bonds. The highest BCUT2D eigenvalue weighted by Gasteiger charge is 2.32. The van der Waals surface area contributed by atoms with Crippen LogP contribution in [0.3, 0.4) is 0 Å². The first-order valence-corrected chi connectivity index (χ1v) is 6.75. The smallest absolute Gasteiger partial charge is 0.399 e. The third-order valence-electron chi connectivity index (χ3n) is 3.43. The van der Waals surface area contributed by atoms with E-state index in [-0.39, 0.29) is 37.8 Å². The fraction of sp³-hybridized carbons (Fsp3) is 0.500. The van der Waals surface area contributed by atoms with Crippen molar-refractivity contribution in [2.75, 3.05) is 38.5 Å². The number of carbonyl (C=O) groups is 1. The van der Waals surface area contributed by atoms with Gasteiger partial charge in [-0.15, -0.1) is 12.4 Å². The molecule has 0 saturated carbocycles. The summed E-state index contributed by atoms with van der Waals surface area (Å²) in [6, 6.07) is 7.06. The largest absolute Gasteiger partial charge is 0.401 e. The summed E-state index contributed by atoms with van der Waals surface area (Å²) in [5, 5.41) is 0. The molecule has 0 bridgehead atoms. The lowest BCUT2D eigenvalue weighted by Crippen LogP contribution is -2.51. The zero-order chi connectivity index (χ0) is 15.5. The van der Waals surface area contributed by atoms with E-state index in [1.165, 1.54) is 4.90 Å². The molecule has 0 atom stereocenters. The van der Waals surface area contributed by atoms with Crippen molar-refractivity contribution in [3.63, 3.8) is 0 Å². The van der Waals surface area contributed by atoms with E-state index in [0.29, 0.717) is 18.8 Å². The standard InChI is InChI=1S/C14H18F3N3O.ClH/c15-14(16,17)10-19-4-6-20(7-5-19)13(21)9-11-2-1-3-12(18)8-11;/h1-3,8H,4-7,9-10,18H2;1H. The van der Waals surface area contributed by atoms with Crippen LogP contribution in [0.5, 0.6) is 0 Å². The Morgan fingerprint density at radius 1 is 1.18 bits per heavy atom. The molecule has 22 heavy (non-hydrogen) atoms. The Hall–Kier alpha value is -1.47. The molecule has 1 aromatic carbocycles. The molecule has 1 fully saturated rings. The summed E-state index contributed by atoms with van der Waals surface area (Å²) in [5.41, 5.74) is 7.06. The molecule has 0 unspecified atom stereocenters. The minimum atomic E-state index is -4.19. The second kappa shape index (κ2) is 7.69. The summed E-state index contributed by atoms with van der Waals surface area (Å²) in [6.07, 6.45) is -3.96. The molecule has 2 rings (SSSR count). The van der Waals surface area contributed by atoms with Crippen LogP contribution in [0, 0.1) is 0 Å². The van der Waals surface area contributed by atoms with E-state index in [4.69, 9.17) is 5.73 Å². The Balaban J connectivity index is 0.00000242. The number of nitrogens with two attached hydrogens (primary N) is 1. The Morgan fingerprint density at radius 3 is 2.36 bits per heavy atom. The molecule has 0 aliphatic carbocycles. The van der Waals surface area contributed by atoms with Gasteiger partial charge in [0.15, 0.2) is 0 Å². The van der Waals surface area contributed by atoms with E-state index in [2.05, 4.69) is 0 Å².